The molecule has 0 radical (unpaired) electrons. The number of hydrogen-bond acceptors (Lipinski definition) is 6. The first kappa shape index (κ1) is 25.1. The van der Waals surface area contributed by atoms with Gasteiger partial charge in [-0.25, -0.2) is 4.98 Å². The minimum absolute atomic E-state index is 0.0494. The molecule has 0 aliphatic carbocycles. The van der Waals surface area contributed by atoms with Gasteiger partial charge in [-0.3, -0.25) is 9.59 Å². The molecule has 8 heteroatoms. The molecule has 3 heterocycles. The first-order chi connectivity index (χ1) is 16.7. The van der Waals surface area contributed by atoms with Crippen LogP contribution in [0.1, 0.15) is 57.7 Å². The number of nitrogens with zero attached hydrogens (tertiary/aromatic N) is 3. The minimum atomic E-state index is -0.0878. The van der Waals surface area contributed by atoms with Gasteiger partial charge >= 0.3 is 0 Å². The van der Waals surface area contributed by atoms with E-state index in [1.807, 2.05) is 44.7 Å². The summed E-state index contributed by atoms with van der Waals surface area (Å²) < 4.78 is 5.19. The number of rotatable bonds is 7. The van der Waals surface area contributed by atoms with Gasteiger partial charge < -0.3 is 14.7 Å². The van der Waals surface area contributed by atoms with Crippen molar-refractivity contribution in [3.63, 3.8) is 0 Å². The fourth-order valence-electron chi connectivity index (χ4n) is 4.71. The van der Waals surface area contributed by atoms with E-state index >= 15 is 0 Å². The van der Waals surface area contributed by atoms with Gasteiger partial charge in [0.15, 0.2) is 0 Å². The van der Waals surface area contributed by atoms with Crippen molar-refractivity contribution in [3.8, 4) is 10.6 Å². The number of hydrogen-bond donors (Lipinski definition) is 1. The molecule has 35 heavy (non-hydrogen) atoms. The largest absolute Gasteiger partial charge is 0.361 e. The standard InChI is InChI=1S/C27H34N4O3S/c1-16-6-8-22(9-7-16)26-29-19(4)24(35-26)27(33)31-14-11-21(12-15-31)17(2)25(32)28-13-10-23-18(3)30-34-20(23)5/h6-9,17,21H,10-15H2,1-5H3,(H,28,32). The molecule has 186 valence electrons. The molecule has 1 saturated heterocycles. The third-order valence-corrected chi connectivity index (χ3v) is 8.29. The van der Waals surface area contributed by atoms with E-state index in [9.17, 15) is 9.59 Å². The third kappa shape index (κ3) is 5.64. The van der Waals surface area contributed by atoms with Gasteiger partial charge in [-0.05, 0) is 52.9 Å². The summed E-state index contributed by atoms with van der Waals surface area (Å²) in [4.78, 5) is 33.3. The number of aryl methyl sites for hydroxylation is 4. The number of piperidine rings is 1. The molecular weight excluding hydrogens is 460 g/mol. The van der Waals surface area contributed by atoms with Gasteiger partial charge in [0.05, 0.1) is 11.4 Å². The van der Waals surface area contributed by atoms with Gasteiger partial charge in [-0.15, -0.1) is 11.3 Å². The summed E-state index contributed by atoms with van der Waals surface area (Å²) in [5.74, 6) is 1.11. The zero-order chi connectivity index (χ0) is 25.1. The lowest BCUT2D eigenvalue weighted by Crippen LogP contribution is -2.43. The molecule has 1 unspecified atom stereocenters. The van der Waals surface area contributed by atoms with Crippen LogP contribution in [-0.2, 0) is 11.2 Å². The minimum Gasteiger partial charge on any atom is -0.361 e. The zero-order valence-electron chi connectivity index (χ0n) is 21.2. The highest BCUT2D eigenvalue weighted by Gasteiger charge is 2.31. The second-order valence-electron chi connectivity index (χ2n) is 9.56. The predicted molar refractivity (Wildman–Crippen MR) is 138 cm³/mol. The lowest BCUT2D eigenvalue weighted by atomic mass is 9.84. The van der Waals surface area contributed by atoms with Crippen LogP contribution in [0.3, 0.4) is 0 Å². The zero-order valence-corrected chi connectivity index (χ0v) is 22.0. The van der Waals surface area contributed by atoms with Crippen LogP contribution in [-0.4, -0.2) is 46.5 Å². The number of thiazole rings is 1. The topological polar surface area (TPSA) is 88.3 Å². The van der Waals surface area contributed by atoms with Crippen molar-refractivity contribution >= 4 is 23.2 Å². The maximum atomic E-state index is 13.2. The van der Waals surface area contributed by atoms with Gasteiger partial charge in [-0.2, -0.15) is 0 Å². The molecule has 0 spiro atoms. The molecule has 0 saturated carbocycles. The Bertz CT molecular complexity index is 1170. The number of carbonyl (C=O) groups excluding carboxylic acids is 2. The van der Waals surface area contributed by atoms with E-state index in [1.165, 1.54) is 16.9 Å². The van der Waals surface area contributed by atoms with Crippen molar-refractivity contribution in [1.29, 1.82) is 0 Å². The molecular formula is C27H34N4O3S. The summed E-state index contributed by atoms with van der Waals surface area (Å²) >= 11 is 1.46. The Kier molecular flexibility index (Phi) is 7.69. The summed E-state index contributed by atoms with van der Waals surface area (Å²) in [6.45, 7) is 11.7. The third-order valence-electron chi connectivity index (χ3n) is 7.09. The maximum Gasteiger partial charge on any atom is 0.265 e. The lowest BCUT2D eigenvalue weighted by molar-refractivity contribution is -0.126. The van der Waals surface area contributed by atoms with Crippen molar-refractivity contribution in [1.82, 2.24) is 20.4 Å². The van der Waals surface area contributed by atoms with Crippen LogP contribution in [0.5, 0.6) is 0 Å². The molecule has 1 atom stereocenters. The molecule has 7 nitrogen and oxygen atoms in total. The van der Waals surface area contributed by atoms with Gasteiger partial charge in [0.2, 0.25) is 5.91 Å². The van der Waals surface area contributed by atoms with Crippen molar-refractivity contribution in [2.75, 3.05) is 19.6 Å². The summed E-state index contributed by atoms with van der Waals surface area (Å²) in [5, 5.41) is 7.91. The number of amides is 2. The van der Waals surface area contributed by atoms with Crippen molar-refractivity contribution in [2.24, 2.45) is 11.8 Å². The molecule has 2 aromatic heterocycles. The van der Waals surface area contributed by atoms with E-state index in [2.05, 4.69) is 34.5 Å². The summed E-state index contributed by atoms with van der Waals surface area (Å²) in [7, 11) is 0. The van der Waals surface area contributed by atoms with Crippen LogP contribution >= 0.6 is 11.3 Å². The van der Waals surface area contributed by atoms with E-state index < -0.39 is 0 Å². The fraction of sp³-hybridized carbons (Fsp3) is 0.481. The number of carbonyl (C=O) groups is 2. The summed E-state index contributed by atoms with van der Waals surface area (Å²) in [6, 6.07) is 8.22. The van der Waals surface area contributed by atoms with Crippen LogP contribution < -0.4 is 5.32 Å². The molecule has 2 amide bonds. The van der Waals surface area contributed by atoms with Crippen LogP contribution in [0, 0.1) is 39.5 Å². The lowest BCUT2D eigenvalue weighted by Gasteiger charge is -2.34. The van der Waals surface area contributed by atoms with E-state index in [-0.39, 0.29) is 23.7 Å². The number of likely N-dealkylation sites (tertiary alicyclic amines) is 1. The number of aromatic nitrogens is 2. The average Bonchev–Trinajstić information content (AvgIpc) is 3.40. The second-order valence-corrected chi connectivity index (χ2v) is 10.6. The maximum absolute atomic E-state index is 13.2. The Morgan fingerprint density at radius 2 is 1.80 bits per heavy atom. The Morgan fingerprint density at radius 3 is 2.43 bits per heavy atom. The second kappa shape index (κ2) is 10.7. The van der Waals surface area contributed by atoms with E-state index in [0.29, 0.717) is 30.9 Å². The van der Waals surface area contributed by atoms with Crippen LogP contribution in [0.4, 0.5) is 0 Å². The smallest absolute Gasteiger partial charge is 0.265 e. The SMILES string of the molecule is Cc1ccc(-c2nc(C)c(C(=O)N3CCC(C(C)C(=O)NCCc4c(C)noc4C)CC3)s2)cc1. The van der Waals surface area contributed by atoms with Crippen LogP contribution in [0.25, 0.3) is 10.6 Å². The first-order valence-corrected chi connectivity index (χ1v) is 13.1. The van der Waals surface area contributed by atoms with Crippen molar-refractivity contribution < 1.29 is 14.1 Å². The molecule has 1 aromatic carbocycles. The fourth-order valence-corrected chi connectivity index (χ4v) is 5.74. The highest BCUT2D eigenvalue weighted by atomic mass is 32.1. The Hall–Kier alpha value is -3.00. The van der Waals surface area contributed by atoms with E-state index in [0.717, 1.165) is 46.1 Å². The van der Waals surface area contributed by atoms with Gasteiger partial charge in [-0.1, -0.05) is 41.9 Å². The van der Waals surface area contributed by atoms with Crippen LogP contribution in [0.2, 0.25) is 0 Å². The Labute approximate surface area is 210 Å². The molecule has 0 bridgehead atoms. The normalized spacial score (nSPS) is 15.3. The highest BCUT2D eigenvalue weighted by molar-refractivity contribution is 7.17. The molecule has 1 aliphatic heterocycles. The van der Waals surface area contributed by atoms with Crippen LogP contribution in [0.15, 0.2) is 28.8 Å². The van der Waals surface area contributed by atoms with Crippen molar-refractivity contribution in [2.45, 2.75) is 53.9 Å². The van der Waals surface area contributed by atoms with Crippen molar-refractivity contribution in [3.05, 3.63) is 57.4 Å². The monoisotopic (exact) mass is 494 g/mol. The van der Waals surface area contributed by atoms with E-state index in [1.54, 1.807) is 0 Å². The first-order valence-electron chi connectivity index (χ1n) is 12.3. The predicted octanol–water partition coefficient (Wildman–Crippen LogP) is 4.88. The highest BCUT2D eigenvalue weighted by Crippen LogP contribution is 2.31. The Balaban J connectivity index is 1.29. The number of benzene rings is 1. The molecule has 1 N–H and O–H groups in total. The average molecular weight is 495 g/mol. The quantitative estimate of drug-likeness (QED) is 0.506. The molecule has 3 aromatic rings. The Morgan fingerprint density at radius 1 is 1.11 bits per heavy atom. The summed E-state index contributed by atoms with van der Waals surface area (Å²) in [6.07, 6.45) is 2.37. The molecule has 4 rings (SSSR count). The molecule has 1 fully saturated rings. The van der Waals surface area contributed by atoms with E-state index in [4.69, 9.17) is 4.52 Å². The van der Waals surface area contributed by atoms with Gasteiger partial charge in [0.25, 0.3) is 5.91 Å². The molecule has 1 aliphatic rings. The number of nitrogens with one attached hydrogen (secondary N) is 1. The summed E-state index contributed by atoms with van der Waals surface area (Å²) in [5.41, 5.74) is 4.96. The van der Waals surface area contributed by atoms with Gasteiger partial charge in [0, 0.05) is 36.7 Å². The van der Waals surface area contributed by atoms with Gasteiger partial charge in [0.1, 0.15) is 15.6 Å².